The molecule has 4 rings (SSSR count). The number of alkyl halides is 3. The van der Waals surface area contributed by atoms with Gasteiger partial charge in [-0.1, -0.05) is 12.1 Å². The van der Waals surface area contributed by atoms with Gasteiger partial charge in [0, 0.05) is 0 Å². The van der Waals surface area contributed by atoms with Crippen molar-refractivity contribution in [2.75, 3.05) is 18.0 Å². The Morgan fingerprint density at radius 2 is 1.68 bits per heavy atom. The van der Waals surface area contributed by atoms with Crippen molar-refractivity contribution in [2.45, 2.75) is 11.8 Å². The van der Waals surface area contributed by atoms with Crippen LogP contribution in [0.5, 0.6) is 0 Å². The van der Waals surface area contributed by atoms with Gasteiger partial charge in [0.1, 0.15) is 17.2 Å². The van der Waals surface area contributed by atoms with Crippen LogP contribution in [0.1, 0.15) is 11.4 Å². The second-order valence-corrected chi connectivity index (χ2v) is 5.88. The zero-order valence-corrected chi connectivity index (χ0v) is 12.6. The molecule has 0 radical (unpaired) electrons. The van der Waals surface area contributed by atoms with Gasteiger partial charge in [0.05, 0.1) is 13.1 Å². The van der Waals surface area contributed by atoms with Gasteiger partial charge in [0.15, 0.2) is 5.65 Å². The van der Waals surface area contributed by atoms with Crippen molar-refractivity contribution in [1.82, 2.24) is 19.8 Å². The molecule has 1 saturated heterocycles. The van der Waals surface area contributed by atoms with Crippen molar-refractivity contribution in [2.24, 2.45) is 0 Å². The maximum Gasteiger partial charge on any atom is 0.453 e. The van der Waals surface area contributed by atoms with Crippen molar-refractivity contribution in [3.8, 4) is 0 Å². The lowest BCUT2D eigenvalue weighted by atomic mass is 9.86. The lowest BCUT2D eigenvalue weighted by molar-refractivity contribution is -0.146. The molecule has 0 spiro atoms. The van der Waals surface area contributed by atoms with Gasteiger partial charge < -0.3 is 10.0 Å². The van der Waals surface area contributed by atoms with E-state index in [-0.39, 0.29) is 24.6 Å². The predicted octanol–water partition coefficient (Wildman–Crippen LogP) is 1.99. The Labute approximate surface area is 138 Å². The van der Waals surface area contributed by atoms with Crippen LogP contribution in [0.15, 0.2) is 36.4 Å². The largest absolute Gasteiger partial charge is 0.453 e. The summed E-state index contributed by atoms with van der Waals surface area (Å²) in [5.41, 5.74) is -0.693. The van der Waals surface area contributed by atoms with Crippen LogP contribution in [0.2, 0.25) is 0 Å². The second-order valence-electron chi connectivity index (χ2n) is 5.88. The van der Waals surface area contributed by atoms with Gasteiger partial charge in [-0.3, -0.25) is 0 Å². The highest BCUT2D eigenvalue weighted by Gasteiger charge is 2.44. The fourth-order valence-electron chi connectivity index (χ4n) is 2.81. The molecule has 1 aliphatic heterocycles. The highest BCUT2D eigenvalue weighted by atomic mass is 19.4. The van der Waals surface area contributed by atoms with Gasteiger partial charge in [-0.2, -0.15) is 17.7 Å². The highest BCUT2D eigenvalue weighted by molar-refractivity contribution is 5.50. The van der Waals surface area contributed by atoms with Gasteiger partial charge in [-0.15, -0.1) is 15.3 Å². The number of nitrogens with zero attached hydrogens (tertiary/aromatic N) is 5. The van der Waals surface area contributed by atoms with E-state index in [2.05, 4.69) is 15.3 Å². The molecular formula is C15H11F4N5O. The monoisotopic (exact) mass is 353 g/mol. The molecule has 3 heterocycles. The zero-order chi connectivity index (χ0) is 17.8. The van der Waals surface area contributed by atoms with E-state index in [1.807, 2.05) is 0 Å². The van der Waals surface area contributed by atoms with E-state index in [0.717, 1.165) is 0 Å². The summed E-state index contributed by atoms with van der Waals surface area (Å²) >= 11 is 0. The summed E-state index contributed by atoms with van der Waals surface area (Å²) in [4.78, 5) is 1.61. The number of β-amino-alcohol motifs (C(OH)–C–C–N with tert-alkyl or cyclic N) is 1. The van der Waals surface area contributed by atoms with Gasteiger partial charge in [-0.05, 0) is 29.8 Å². The first-order valence-electron chi connectivity index (χ1n) is 7.29. The van der Waals surface area contributed by atoms with Crippen LogP contribution in [0.4, 0.5) is 23.4 Å². The van der Waals surface area contributed by atoms with Crippen molar-refractivity contribution in [3.05, 3.63) is 53.6 Å². The number of rotatable bonds is 2. The molecule has 25 heavy (non-hydrogen) atoms. The molecule has 0 amide bonds. The average molecular weight is 353 g/mol. The van der Waals surface area contributed by atoms with E-state index < -0.39 is 23.4 Å². The predicted molar refractivity (Wildman–Crippen MR) is 78.3 cm³/mol. The molecule has 1 aliphatic rings. The number of hydrogen-bond donors (Lipinski definition) is 1. The second kappa shape index (κ2) is 5.12. The van der Waals surface area contributed by atoms with Crippen LogP contribution in [-0.2, 0) is 11.8 Å². The van der Waals surface area contributed by atoms with Crippen molar-refractivity contribution < 1.29 is 22.7 Å². The Bertz CT molecular complexity index is 931. The molecule has 3 aromatic rings. The molecule has 1 N–H and O–H groups in total. The van der Waals surface area contributed by atoms with E-state index in [1.54, 1.807) is 4.90 Å². The Hall–Kier alpha value is -2.75. The average Bonchev–Trinajstić information content (AvgIpc) is 2.95. The van der Waals surface area contributed by atoms with Crippen LogP contribution in [0, 0.1) is 5.82 Å². The smallest absolute Gasteiger partial charge is 0.381 e. The number of benzene rings is 1. The first kappa shape index (κ1) is 15.8. The normalized spacial score (nSPS) is 16.9. The summed E-state index contributed by atoms with van der Waals surface area (Å²) < 4.78 is 52.3. The lowest BCUT2D eigenvalue weighted by Gasteiger charge is -2.47. The molecule has 0 saturated carbocycles. The summed E-state index contributed by atoms with van der Waals surface area (Å²) in [6, 6.07) is 8.32. The quantitative estimate of drug-likeness (QED) is 0.714. The minimum Gasteiger partial charge on any atom is -0.381 e. The molecule has 10 heteroatoms. The summed E-state index contributed by atoms with van der Waals surface area (Å²) in [7, 11) is 0. The van der Waals surface area contributed by atoms with E-state index in [9.17, 15) is 22.7 Å². The van der Waals surface area contributed by atoms with Crippen LogP contribution in [0.3, 0.4) is 0 Å². The summed E-state index contributed by atoms with van der Waals surface area (Å²) in [5.74, 6) is -1.37. The SMILES string of the molecule is OC1(c2ccc(F)cc2)CN(c2ccc3nnc(C(F)(F)F)n3n2)C1. The third-order valence-corrected chi connectivity index (χ3v) is 4.11. The summed E-state index contributed by atoms with van der Waals surface area (Å²) in [6.45, 7) is 0.251. The van der Waals surface area contributed by atoms with E-state index in [4.69, 9.17) is 0 Å². The topological polar surface area (TPSA) is 66.5 Å². The molecule has 6 nitrogen and oxygen atoms in total. The highest BCUT2D eigenvalue weighted by Crippen LogP contribution is 2.35. The van der Waals surface area contributed by atoms with E-state index in [1.165, 1.54) is 36.4 Å². The third kappa shape index (κ3) is 2.58. The first-order valence-corrected chi connectivity index (χ1v) is 7.29. The maximum absolute atomic E-state index is 13.0. The van der Waals surface area contributed by atoms with Gasteiger partial charge in [0.25, 0.3) is 5.82 Å². The number of hydrogen-bond acceptors (Lipinski definition) is 5. The standard InChI is InChI=1S/C15H11F4N5O/c16-10-3-1-9(2-4-10)14(25)7-23(8-14)12-6-5-11-20-21-13(15(17,18)19)24(11)22-12/h1-6,25H,7-8H2. The first-order chi connectivity index (χ1) is 11.8. The van der Waals surface area contributed by atoms with E-state index in [0.29, 0.717) is 10.1 Å². The van der Waals surface area contributed by atoms with Crippen molar-refractivity contribution >= 4 is 11.5 Å². The molecule has 0 aliphatic carbocycles. The summed E-state index contributed by atoms with van der Waals surface area (Å²) in [5, 5.41) is 21.0. The van der Waals surface area contributed by atoms with Gasteiger partial charge in [-0.25, -0.2) is 4.39 Å². The molecule has 130 valence electrons. The van der Waals surface area contributed by atoms with Crippen LogP contribution in [0.25, 0.3) is 5.65 Å². The number of fused-ring (bicyclic) bond motifs is 1. The minimum absolute atomic E-state index is 0.0228. The molecule has 0 bridgehead atoms. The summed E-state index contributed by atoms with van der Waals surface area (Å²) in [6.07, 6.45) is -4.67. The zero-order valence-electron chi connectivity index (χ0n) is 12.6. The van der Waals surface area contributed by atoms with Crippen LogP contribution < -0.4 is 4.90 Å². The van der Waals surface area contributed by atoms with Crippen LogP contribution >= 0.6 is 0 Å². The van der Waals surface area contributed by atoms with Gasteiger partial charge >= 0.3 is 6.18 Å². The molecule has 0 unspecified atom stereocenters. The van der Waals surface area contributed by atoms with Crippen LogP contribution in [-0.4, -0.2) is 38.0 Å². The number of halogens is 4. The molecule has 2 aromatic heterocycles. The molecule has 1 aromatic carbocycles. The molecule has 0 atom stereocenters. The Morgan fingerprint density at radius 3 is 2.32 bits per heavy atom. The van der Waals surface area contributed by atoms with Crippen molar-refractivity contribution in [3.63, 3.8) is 0 Å². The third-order valence-electron chi connectivity index (χ3n) is 4.11. The Balaban J connectivity index is 1.61. The fourth-order valence-corrected chi connectivity index (χ4v) is 2.81. The molecule has 1 fully saturated rings. The van der Waals surface area contributed by atoms with E-state index >= 15 is 0 Å². The van der Waals surface area contributed by atoms with Gasteiger partial charge in [0.2, 0.25) is 0 Å². The molecular weight excluding hydrogens is 342 g/mol. The Morgan fingerprint density at radius 1 is 1.00 bits per heavy atom. The fraction of sp³-hybridized carbons (Fsp3) is 0.267. The number of anilines is 1. The van der Waals surface area contributed by atoms with Crippen molar-refractivity contribution in [1.29, 1.82) is 0 Å². The number of aliphatic hydroxyl groups is 1. The minimum atomic E-state index is -4.67. The lowest BCUT2D eigenvalue weighted by Crippen LogP contribution is -2.60. The maximum atomic E-state index is 13.0. The Kier molecular flexibility index (Phi) is 3.23. The number of aromatic nitrogens is 4.